The summed E-state index contributed by atoms with van der Waals surface area (Å²) < 4.78 is 4.20. The van der Waals surface area contributed by atoms with Crippen LogP contribution in [0.3, 0.4) is 0 Å². The molecular formula is C14H23ClN4. The number of hydrogen-bond acceptors (Lipinski definition) is 2. The number of nitrogens with zero attached hydrogens (tertiary/aromatic N) is 4. The van der Waals surface area contributed by atoms with Crippen LogP contribution < -0.4 is 0 Å². The van der Waals surface area contributed by atoms with Gasteiger partial charge in [-0.15, -0.1) is 11.6 Å². The zero-order chi connectivity index (χ0) is 14.2. The molecule has 0 N–H and O–H groups in total. The van der Waals surface area contributed by atoms with Gasteiger partial charge in [-0.05, 0) is 19.8 Å². The second-order valence-electron chi connectivity index (χ2n) is 5.23. The van der Waals surface area contributed by atoms with E-state index >= 15 is 0 Å². The lowest BCUT2D eigenvalue weighted by molar-refractivity contribution is 0.331. The lowest BCUT2D eigenvalue weighted by atomic mass is 9.95. The first-order chi connectivity index (χ1) is 9.04. The van der Waals surface area contributed by atoms with Crippen LogP contribution in [0.1, 0.15) is 51.2 Å². The van der Waals surface area contributed by atoms with Gasteiger partial charge in [-0.2, -0.15) is 5.10 Å². The maximum Gasteiger partial charge on any atom is 0.158 e. The topological polar surface area (TPSA) is 35.6 Å². The summed E-state index contributed by atoms with van der Waals surface area (Å²) in [5.41, 5.74) is 3.04. The number of alkyl halides is 1. The maximum atomic E-state index is 6.09. The van der Waals surface area contributed by atoms with Gasteiger partial charge in [0, 0.05) is 13.1 Å². The van der Waals surface area contributed by atoms with Crippen molar-refractivity contribution in [3.8, 4) is 0 Å². The number of rotatable bonds is 5. The van der Waals surface area contributed by atoms with E-state index in [1.54, 1.807) is 0 Å². The highest BCUT2D eigenvalue weighted by molar-refractivity contribution is 6.16. The zero-order valence-corrected chi connectivity index (χ0v) is 13.2. The van der Waals surface area contributed by atoms with Crippen LogP contribution in [0.4, 0.5) is 0 Å². The molecule has 0 aliphatic rings. The molecule has 4 nitrogen and oxygen atoms in total. The Morgan fingerprint density at radius 2 is 1.89 bits per heavy atom. The van der Waals surface area contributed by atoms with E-state index in [0.29, 0.717) is 17.8 Å². The summed E-state index contributed by atoms with van der Waals surface area (Å²) in [7, 11) is 1.98. The van der Waals surface area contributed by atoms with Gasteiger partial charge in [-0.3, -0.25) is 4.68 Å². The van der Waals surface area contributed by atoms with Crippen molar-refractivity contribution in [2.24, 2.45) is 13.0 Å². The van der Waals surface area contributed by atoms with Crippen LogP contribution in [0.2, 0.25) is 0 Å². The summed E-state index contributed by atoms with van der Waals surface area (Å²) in [4.78, 5) is 4.67. The molecule has 0 aromatic carbocycles. The molecule has 0 radical (unpaired) electrons. The molecule has 2 aromatic heterocycles. The molecule has 0 fully saturated rings. The number of imidazole rings is 1. The molecule has 19 heavy (non-hydrogen) atoms. The fourth-order valence-electron chi connectivity index (χ4n) is 3.04. The molecule has 2 aromatic rings. The number of halogens is 1. The molecule has 0 aliphatic heterocycles. The van der Waals surface area contributed by atoms with Crippen molar-refractivity contribution in [1.29, 1.82) is 0 Å². The van der Waals surface area contributed by atoms with Crippen LogP contribution >= 0.6 is 11.6 Å². The molecule has 0 amide bonds. The Morgan fingerprint density at radius 3 is 2.42 bits per heavy atom. The Bertz CT molecular complexity index is 566. The van der Waals surface area contributed by atoms with Crippen molar-refractivity contribution in [2.75, 3.05) is 0 Å². The molecule has 0 bridgehead atoms. The highest BCUT2D eigenvalue weighted by Gasteiger charge is 2.24. The smallest absolute Gasteiger partial charge is 0.158 e. The van der Waals surface area contributed by atoms with Crippen molar-refractivity contribution < 1.29 is 0 Å². The van der Waals surface area contributed by atoms with Gasteiger partial charge in [0.2, 0.25) is 0 Å². The van der Waals surface area contributed by atoms with Gasteiger partial charge in [0.1, 0.15) is 11.3 Å². The summed E-state index contributed by atoms with van der Waals surface area (Å²) in [5, 5.41) is 4.47. The Labute approximate surface area is 119 Å². The van der Waals surface area contributed by atoms with E-state index in [4.69, 9.17) is 11.6 Å². The first-order valence-corrected chi connectivity index (χ1v) is 7.54. The van der Waals surface area contributed by atoms with E-state index in [9.17, 15) is 0 Å². The fraction of sp³-hybridized carbons (Fsp3) is 0.714. The molecular weight excluding hydrogens is 260 g/mol. The summed E-state index contributed by atoms with van der Waals surface area (Å²) in [6.45, 7) is 8.75. The molecule has 0 saturated heterocycles. The predicted molar refractivity (Wildman–Crippen MR) is 79.6 cm³/mol. The summed E-state index contributed by atoms with van der Waals surface area (Å²) in [5.74, 6) is 2.03. The monoisotopic (exact) mass is 282 g/mol. The predicted octanol–water partition coefficient (Wildman–Crippen LogP) is 3.81. The Hall–Kier alpha value is -1.03. The minimum atomic E-state index is 0.392. The molecule has 5 heteroatoms. The maximum absolute atomic E-state index is 6.09. The van der Waals surface area contributed by atoms with Crippen LogP contribution in [0.5, 0.6) is 0 Å². The summed E-state index contributed by atoms with van der Waals surface area (Å²) in [6, 6.07) is 0.392. The van der Waals surface area contributed by atoms with Gasteiger partial charge >= 0.3 is 0 Å². The third kappa shape index (κ3) is 2.27. The molecule has 2 rings (SSSR count). The standard InChI is InChI=1S/C14H23ClN4/c1-6-11(7-2)10(4)19-12(8-15)16-13-9(3)17-18(5)14(13)19/h10-11H,6-8H2,1-5H3. The Balaban J connectivity index is 2.62. The van der Waals surface area contributed by atoms with Gasteiger partial charge in [-0.25, -0.2) is 4.98 Å². The SMILES string of the molecule is CCC(CC)C(C)n1c(CCl)nc2c(C)nn(C)c21. The largest absolute Gasteiger partial charge is 0.309 e. The quantitative estimate of drug-likeness (QED) is 0.782. The Kier molecular flexibility index (Phi) is 4.19. The van der Waals surface area contributed by atoms with E-state index in [-0.39, 0.29) is 0 Å². The zero-order valence-electron chi connectivity index (χ0n) is 12.4. The van der Waals surface area contributed by atoms with E-state index in [1.807, 2.05) is 18.7 Å². The first kappa shape index (κ1) is 14.4. The molecule has 0 aliphatic carbocycles. The van der Waals surface area contributed by atoms with Crippen molar-refractivity contribution in [3.63, 3.8) is 0 Å². The molecule has 1 unspecified atom stereocenters. The lowest BCUT2D eigenvalue weighted by Crippen LogP contribution is -2.19. The van der Waals surface area contributed by atoms with Crippen molar-refractivity contribution >= 4 is 22.8 Å². The number of aromatic nitrogens is 4. The summed E-state index contributed by atoms with van der Waals surface area (Å²) >= 11 is 6.09. The van der Waals surface area contributed by atoms with Crippen molar-refractivity contribution in [3.05, 3.63) is 11.5 Å². The highest BCUT2D eigenvalue weighted by Crippen LogP contribution is 2.30. The second kappa shape index (κ2) is 5.53. The van der Waals surface area contributed by atoms with Crippen LogP contribution in [-0.2, 0) is 12.9 Å². The normalized spacial score (nSPS) is 13.6. The van der Waals surface area contributed by atoms with Crippen LogP contribution in [-0.4, -0.2) is 19.3 Å². The third-order valence-corrected chi connectivity index (χ3v) is 4.40. The van der Waals surface area contributed by atoms with E-state index in [0.717, 1.165) is 35.5 Å². The molecule has 0 saturated carbocycles. The van der Waals surface area contributed by atoms with Crippen LogP contribution in [0, 0.1) is 12.8 Å². The van der Waals surface area contributed by atoms with Crippen molar-refractivity contribution in [2.45, 2.75) is 52.5 Å². The molecule has 2 heterocycles. The first-order valence-electron chi connectivity index (χ1n) is 7.01. The number of fused-ring (bicyclic) bond motifs is 1. The lowest BCUT2D eigenvalue weighted by Gasteiger charge is -2.24. The second-order valence-corrected chi connectivity index (χ2v) is 5.50. The third-order valence-electron chi connectivity index (χ3n) is 4.17. The van der Waals surface area contributed by atoms with E-state index < -0.39 is 0 Å². The summed E-state index contributed by atoms with van der Waals surface area (Å²) in [6.07, 6.45) is 2.33. The number of aryl methyl sites for hydroxylation is 2. The van der Waals surface area contributed by atoms with Crippen molar-refractivity contribution in [1.82, 2.24) is 19.3 Å². The van der Waals surface area contributed by atoms with Gasteiger partial charge in [0.05, 0.1) is 11.6 Å². The van der Waals surface area contributed by atoms with E-state index in [2.05, 4.69) is 35.4 Å². The van der Waals surface area contributed by atoms with Gasteiger partial charge in [-0.1, -0.05) is 26.7 Å². The average molecular weight is 283 g/mol. The van der Waals surface area contributed by atoms with E-state index in [1.165, 1.54) is 0 Å². The highest BCUT2D eigenvalue weighted by atomic mass is 35.5. The van der Waals surface area contributed by atoms with Gasteiger partial charge < -0.3 is 4.57 Å². The molecule has 106 valence electrons. The molecule has 1 atom stereocenters. The van der Waals surface area contributed by atoms with Gasteiger partial charge in [0.25, 0.3) is 0 Å². The average Bonchev–Trinajstić information content (AvgIpc) is 2.90. The number of hydrogen-bond donors (Lipinski definition) is 0. The minimum Gasteiger partial charge on any atom is -0.309 e. The van der Waals surface area contributed by atoms with Crippen LogP contribution in [0.25, 0.3) is 11.2 Å². The fourth-order valence-corrected chi connectivity index (χ4v) is 3.23. The Morgan fingerprint density at radius 1 is 1.26 bits per heavy atom. The van der Waals surface area contributed by atoms with Gasteiger partial charge in [0.15, 0.2) is 5.65 Å². The minimum absolute atomic E-state index is 0.392. The van der Waals surface area contributed by atoms with Crippen LogP contribution in [0.15, 0.2) is 0 Å². The molecule has 0 spiro atoms.